The van der Waals surface area contributed by atoms with Crippen LogP contribution in [0.5, 0.6) is 0 Å². The van der Waals surface area contributed by atoms with Crippen LogP contribution in [0.4, 0.5) is 0 Å². The van der Waals surface area contributed by atoms with Gasteiger partial charge in [-0.15, -0.1) is 0 Å². The Labute approximate surface area is 375 Å². The number of aromatic nitrogens is 4. The second-order valence-electron chi connectivity index (χ2n) is 18.2. The molecule has 0 N–H and O–H groups in total. The van der Waals surface area contributed by atoms with Crippen molar-refractivity contribution in [3.63, 3.8) is 0 Å². The van der Waals surface area contributed by atoms with Crippen LogP contribution in [-0.2, 0) is 5.41 Å². The quantitative estimate of drug-likeness (QED) is 0.177. The highest BCUT2D eigenvalue weighted by atomic mass is 15.2. The largest absolute Gasteiger partial charge is 0.309 e. The first-order valence-electron chi connectivity index (χ1n) is 22.5. The van der Waals surface area contributed by atoms with Crippen molar-refractivity contribution in [1.29, 1.82) is 0 Å². The zero-order chi connectivity index (χ0) is 43.0. The Kier molecular flexibility index (Phi) is 7.42. The summed E-state index contributed by atoms with van der Waals surface area (Å²) in [5, 5.41) is 10.7. The van der Waals surface area contributed by atoms with E-state index in [2.05, 4.69) is 229 Å². The molecule has 0 unspecified atom stereocenters. The molecule has 14 rings (SSSR count). The van der Waals surface area contributed by atoms with Crippen molar-refractivity contribution in [1.82, 2.24) is 19.1 Å². The third kappa shape index (κ3) is 5.19. The lowest BCUT2D eigenvalue weighted by atomic mass is 9.82. The molecule has 3 heterocycles. The van der Waals surface area contributed by atoms with E-state index in [0.29, 0.717) is 5.95 Å². The highest BCUT2D eigenvalue weighted by Crippen LogP contribution is 2.50. The van der Waals surface area contributed by atoms with Crippen LogP contribution in [0.25, 0.3) is 121 Å². The summed E-state index contributed by atoms with van der Waals surface area (Å²) in [4.78, 5) is 10.8. The van der Waals surface area contributed by atoms with E-state index >= 15 is 0 Å². The molecule has 10 aromatic carbocycles. The number of fused-ring (bicyclic) bond motifs is 13. The smallest absolute Gasteiger partial charge is 0.235 e. The van der Waals surface area contributed by atoms with E-state index in [1.807, 2.05) is 0 Å². The standard InChI is InChI=1S/C61H40N4/c1-61(2)51-20-10-7-17-45(51)46-29-28-43(36-52(46)61)64-54-22-12-9-18-47(54)49-34-40(26-30-55(49)64)41-27-31-56-50(35-41)58-44-16-6-5-14-38(44)25-32-57(58)65(56)60-62-53-21-11-8-19-48(53)59(63-60)42-24-23-37-13-3-4-15-39(37)33-42/h3-36H,1-2H3. The molecule has 0 aliphatic heterocycles. The Hall–Kier alpha value is -8.34. The maximum absolute atomic E-state index is 5.46. The van der Waals surface area contributed by atoms with Crippen molar-refractivity contribution in [3.05, 3.63) is 217 Å². The van der Waals surface area contributed by atoms with Gasteiger partial charge in [-0.1, -0.05) is 159 Å². The van der Waals surface area contributed by atoms with Gasteiger partial charge in [0.05, 0.1) is 33.3 Å². The van der Waals surface area contributed by atoms with E-state index in [4.69, 9.17) is 9.97 Å². The first-order valence-corrected chi connectivity index (χ1v) is 22.5. The fraction of sp³-hybridized carbons (Fsp3) is 0.0492. The van der Waals surface area contributed by atoms with Gasteiger partial charge in [0.2, 0.25) is 5.95 Å². The lowest BCUT2D eigenvalue weighted by molar-refractivity contribution is 0.660. The minimum Gasteiger partial charge on any atom is -0.309 e. The van der Waals surface area contributed by atoms with E-state index in [1.165, 1.54) is 87.6 Å². The lowest BCUT2D eigenvalue weighted by Gasteiger charge is -2.22. The van der Waals surface area contributed by atoms with Crippen LogP contribution in [0.1, 0.15) is 25.0 Å². The minimum absolute atomic E-state index is 0.0824. The van der Waals surface area contributed by atoms with Gasteiger partial charge in [-0.3, -0.25) is 4.57 Å². The summed E-state index contributed by atoms with van der Waals surface area (Å²) in [6, 6.07) is 75.4. The fourth-order valence-electron chi connectivity index (χ4n) is 11.2. The summed E-state index contributed by atoms with van der Waals surface area (Å²) in [7, 11) is 0. The van der Waals surface area contributed by atoms with Gasteiger partial charge in [0.25, 0.3) is 0 Å². The van der Waals surface area contributed by atoms with Gasteiger partial charge in [0.1, 0.15) is 0 Å². The highest BCUT2D eigenvalue weighted by Gasteiger charge is 2.35. The molecule has 4 heteroatoms. The first-order chi connectivity index (χ1) is 32.0. The summed E-state index contributed by atoms with van der Waals surface area (Å²) < 4.78 is 4.72. The summed E-state index contributed by atoms with van der Waals surface area (Å²) in [6.45, 7) is 4.71. The molecule has 4 nitrogen and oxygen atoms in total. The Morgan fingerprint density at radius 2 is 0.985 bits per heavy atom. The van der Waals surface area contributed by atoms with E-state index in [1.54, 1.807) is 0 Å². The summed E-state index contributed by atoms with van der Waals surface area (Å²) in [6.07, 6.45) is 0. The number of hydrogen-bond acceptors (Lipinski definition) is 2. The molecule has 0 atom stereocenters. The predicted octanol–water partition coefficient (Wildman–Crippen LogP) is 15.8. The zero-order valence-electron chi connectivity index (χ0n) is 35.9. The molecule has 0 spiro atoms. The van der Waals surface area contributed by atoms with Gasteiger partial charge in [-0.25, -0.2) is 9.97 Å². The van der Waals surface area contributed by atoms with Crippen molar-refractivity contribution in [2.75, 3.05) is 0 Å². The van der Waals surface area contributed by atoms with Gasteiger partial charge in [0.15, 0.2) is 0 Å². The van der Waals surface area contributed by atoms with Gasteiger partial charge in [-0.05, 0) is 116 Å². The SMILES string of the molecule is CC1(C)c2ccccc2-c2ccc(-n3c4ccccc4c4cc(-c5ccc6c(c5)c5c7ccccc7ccc5n6-c5nc(-c6ccc7ccccc7c6)c6ccccc6n5)ccc43)cc21. The van der Waals surface area contributed by atoms with Crippen molar-refractivity contribution in [2.24, 2.45) is 0 Å². The van der Waals surface area contributed by atoms with Gasteiger partial charge in [-0.2, -0.15) is 0 Å². The van der Waals surface area contributed by atoms with Crippen molar-refractivity contribution >= 4 is 76.1 Å². The molecule has 0 radical (unpaired) electrons. The first kappa shape index (κ1) is 36.2. The zero-order valence-corrected chi connectivity index (χ0v) is 35.9. The molecule has 0 bridgehead atoms. The Balaban J connectivity index is 0.962. The molecule has 304 valence electrons. The number of para-hydroxylation sites is 2. The number of benzene rings is 10. The third-order valence-corrected chi connectivity index (χ3v) is 14.3. The van der Waals surface area contributed by atoms with Crippen molar-refractivity contribution in [2.45, 2.75) is 19.3 Å². The van der Waals surface area contributed by atoms with E-state index < -0.39 is 0 Å². The third-order valence-electron chi connectivity index (χ3n) is 14.3. The molecule has 0 saturated carbocycles. The van der Waals surface area contributed by atoms with Crippen LogP contribution in [0.2, 0.25) is 0 Å². The molecule has 0 fully saturated rings. The van der Waals surface area contributed by atoms with Crippen LogP contribution in [0.15, 0.2) is 206 Å². The van der Waals surface area contributed by atoms with Crippen LogP contribution < -0.4 is 0 Å². The van der Waals surface area contributed by atoms with E-state index in [-0.39, 0.29) is 5.41 Å². The van der Waals surface area contributed by atoms with Crippen molar-refractivity contribution in [3.8, 4) is 45.1 Å². The molecular weight excluding hydrogens is 789 g/mol. The summed E-state index contributed by atoms with van der Waals surface area (Å²) in [5.41, 5.74) is 16.3. The number of hydrogen-bond donors (Lipinski definition) is 0. The van der Waals surface area contributed by atoms with Gasteiger partial charge < -0.3 is 4.57 Å². The maximum atomic E-state index is 5.46. The average Bonchev–Trinajstić information content (AvgIpc) is 3.95. The fourth-order valence-corrected chi connectivity index (χ4v) is 11.2. The summed E-state index contributed by atoms with van der Waals surface area (Å²) in [5.74, 6) is 0.656. The Bertz CT molecular complexity index is 4160. The molecular formula is C61H40N4. The highest BCUT2D eigenvalue weighted by molar-refractivity contribution is 6.22. The average molecular weight is 829 g/mol. The van der Waals surface area contributed by atoms with Crippen LogP contribution in [0.3, 0.4) is 0 Å². The molecule has 13 aromatic rings. The molecule has 0 saturated heterocycles. The van der Waals surface area contributed by atoms with Crippen LogP contribution in [-0.4, -0.2) is 19.1 Å². The van der Waals surface area contributed by atoms with Crippen molar-refractivity contribution < 1.29 is 0 Å². The number of nitrogens with zero attached hydrogens (tertiary/aromatic N) is 4. The lowest BCUT2D eigenvalue weighted by Crippen LogP contribution is -2.15. The molecule has 3 aromatic heterocycles. The second-order valence-corrected chi connectivity index (χ2v) is 18.2. The molecule has 1 aliphatic rings. The normalized spacial score (nSPS) is 13.2. The molecule has 1 aliphatic carbocycles. The molecule has 0 amide bonds. The van der Waals surface area contributed by atoms with E-state index in [9.17, 15) is 0 Å². The predicted molar refractivity (Wildman–Crippen MR) is 272 cm³/mol. The molecule has 65 heavy (non-hydrogen) atoms. The Morgan fingerprint density at radius 1 is 0.369 bits per heavy atom. The number of rotatable bonds is 4. The maximum Gasteiger partial charge on any atom is 0.235 e. The Morgan fingerprint density at radius 3 is 1.85 bits per heavy atom. The van der Waals surface area contributed by atoms with Crippen LogP contribution >= 0.6 is 0 Å². The van der Waals surface area contributed by atoms with Gasteiger partial charge >= 0.3 is 0 Å². The van der Waals surface area contributed by atoms with Crippen LogP contribution in [0, 0.1) is 0 Å². The topological polar surface area (TPSA) is 35.6 Å². The minimum atomic E-state index is -0.0824. The van der Waals surface area contributed by atoms with Gasteiger partial charge in [0, 0.05) is 43.6 Å². The monoisotopic (exact) mass is 828 g/mol. The second kappa shape index (κ2) is 13.3. The summed E-state index contributed by atoms with van der Waals surface area (Å²) >= 11 is 0. The van der Waals surface area contributed by atoms with E-state index in [0.717, 1.165) is 38.8 Å².